The van der Waals surface area contributed by atoms with Crippen LogP contribution in [0.3, 0.4) is 0 Å². The number of rotatable bonds is 1. The third-order valence-corrected chi connectivity index (χ3v) is 0.848. The minimum atomic E-state index is -1.09. The van der Waals surface area contributed by atoms with Crippen molar-refractivity contribution < 1.29 is 9.90 Å². The zero-order chi connectivity index (χ0) is 6.85. The Morgan fingerprint density at radius 2 is 2.56 bits per heavy atom. The summed E-state index contributed by atoms with van der Waals surface area (Å²) in [5, 5.41) is 14.8. The Hall–Kier alpha value is -1.39. The van der Waals surface area contributed by atoms with Gasteiger partial charge < -0.3 is 9.67 Å². The van der Waals surface area contributed by atoms with Crippen molar-refractivity contribution in [2.24, 2.45) is 7.05 Å². The molecule has 47 valence electrons. The van der Waals surface area contributed by atoms with Crippen molar-refractivity contribution in [3.63, 3.8) is 0 Å². The second kappa shape index (κ2) is 1.85. The highest BCUT2D eigenvalue weighted by Crippen LogP contribution is 1.87. The van der Waals surface area contributed by atoms with Gasteiger partial charge >= 0.3 is 5.97 Å². The number of aryl methyl sites for hydroxylation is 1. The van der Waals surface area contributed by atoms with Crippen molar-refractivity contribution in [1.82, 2.24) is 14.8 Å². The summed E-state index contributed by atoms with van der Waals surface area (Å²) in [6, 6.07) is 0. The molecule has 0 unspecified atom stereocenters. The molecular formula is C4H4N3O2. The van der Waals surface area contributed by atoms with Gasteiger partial charge in [0.25, 0.3) is 0 Å². The SMILES string of the molecule is Cn1[c]nnc1C(=O)O. The molecular weight excluding hydrogens is 122 g/mol. The number of aromatic carboxylic acids is 1. The van der Waals surface area contributed by atoms with Crippen molar-refractivity contribution in [3.8, 4) is 0 Å². The Morgan fingerprint density at radius 1 is 1.89 bits per heavy atom. The van der Waals surface area contributed by atoms with E-state index in [2.05, 4.69) is 16.5 Å². The van der Waals surface area contributed by atoms with Gasteiger partial charge in [-0.2, -0.15) is 0 Å². The Labute approximate surface area is 50.9 Å². The summed E-state index contributed by atoms with van der Waals surface area (Å²) in [5.41, 5.74) is 0. The van der Waals surface area contributed by atoms with E-state index in [1.165, 1.54) is 11.6 Å². The lowest BCUT2D eigenvalue weighted by Crippen LogP contribution is -2.05. The van der Waals surface area contributed by atoms with Gasteiger partial charge in [-0.15, -0.1) is 10.2 Å². The van der Waals surface area contributed by atoms with Crippen LogP contribution >= 0.6 is 0 Å². The summed E-state index contributed by atoms with van der Waals surface area (Å²) in [4.78, 5) is 10.1. The van der Waals surface area contributed by atoms with Crippen LogP contribution in [0.2, 0.25) is 0 Å². The van der Waals surface area contributed by atoms with Crippen LogP contribution in [0.25, 0.3) is 0 Å². The van der Waals surface area contributed by atoms with E-state index in [0.717, 1.165) is 0 Å². The quantitative estimate of drug-likeness (QED) is 0.541. The fourth-order valence-corrected chi connectivity index (χ4v) is 0.437. The largest absolute Gasteiger partial charge is 0.475 e. The highest BCUT2D eigenvalue weighted by molar-refractivity contribution is 5.83. The Morgan fingerprint density at radius 3 is 2.78 bits per heavy atom. The van der Waals surface area contributed by atoms with Crippen LogP contribution in [-0.4, -0.2) is 25.8 Å². The van der Waals surface area contributed by atoms with E-state index < -0.39 is 5.97 Å². The second-order valence-corrected chi connectivity index (χ2v) is 1.49. The Balaban J connectivity index is 3.08. The van der Waals surface area contributed by atoms with Crippen LogP contribution in [0.1, 0.15) is 10.6 Å². The molecule has 0 aromatic carbocycles. The topological polar surface area (TPSA) is 68.0 Å². The lowest BCUT2D eigenvalue weighted by molar-refractivity contribution is 0.0679. The van der Waals surface area contributed by atoms with Crippen LogP contribution < -0.4 is 0 Å². The molecule has 0 atom stereocenters. The molecule has 1 heterocycles. The fraction of sp³-hybridized carbons (Fsp3) is 0.250. The molecule has 0 bridgehead atoms. The van der Waals surface area contributed by atoms with Crippen LogP contribution in [0, 0.1) is 6.33 Å². The molecule has 0 saturated heterocycles. The highest BCUT2D eigenvalue weighted by Gasteiger charge is 2.07. The zero-order valence-electron chi connectivity index (χ0n) is 4.70. The minimum Gasteiger partial charge on any atom is -0.475 e. The molecule has 0 aliphatic heterocycles. The van der Waals surface area contributed by atoms with Gasteiger partial charge in [-0.1, -0.05) is 0 Å². The number of aromatic nitrogens is 3. The van der Waals surface area contributed by atoms with Gasteiger partial charge in [0.05, 0.1) is 0 Å². The van der Waals surface area contributed by atoms with Crippen LogP contribution in [0.5, 0.6) is 0 Å². The first-order chi connectivity index (χ1) is 4.22. The van der Waals surface area contributed by atoms with E-state index in [1.54, 1.807) is 0 Å². The van der Waals surface area contributed by atoms with Gasteiger partial charge in [0.15, 0.2) is 0 Å². The molecule has 0 aliphatic carbocycles. The van der Waals surface area contributed by atoms with Crippen molar-refractivity contribution in [1.29, 1.82) is 0 Å². The molecule has 5 heteroatoms. The first-order valence-corrected chi connectivity index (χ1v) is 2.22. The summed E-state index contributed by atoms with van der Waals surface area (Å²) in [6.07, 6.45) is 2.32. The second-order valence-electron chi connectivity index (χ2n) is 1.49. The van der Waals surface area contributed by atoms with Crippen molar-refractivity contribution in [3.05, 3.63) is 12.2 Å². The average molecular weight is 126 g/mol. The maximum Gasteiger partial charge on any atom is 0.374 e. The highest BCUT2D eigenvalue weighted by atomic mass is 16.4. The smallest absolute Gasteiger partial charge is 0.374 e. The third-order valence-electron chi connectivity index (χ3n) is 0.848. The van der Waals surface area contributed by atoms with E-state index in [4.69, 9.17) is 5.11 Å². The molecule has 0 fully saturated rings. The number of carboxylic acids is 1. The molecule has 0 aliphatic rings. The van der Waals surface area contributed by atoms with E-state index >= 15 is 0 Å². The first-order valence-electron chi connectivity index (χ1n) is 2.22. The van der Waals surface area contributed by atoms with Crippen molar-refractivity contribution in [2.75, 3.05) is 0 Å². The summed E-state index contributed by atoms with van der Waals surface area (Å²) in [5.74, 6) is -1.19. The lowest BCUT2D eigenvalue weighted by atomic mass is 10.6. The van der Waals surface area contributed by atoms with Gasteiger partial charge in [-0.3, -0.25) is 0 Å². The van der Waals surface area contributed by atoms with Crippen molar-refractivity contribution >= 4 is 5.97 Å². The molecule has 0 amide bonds. The van der Waals surface area contributed by atoms with E-state index in [1.807, 2.05) is 0 Å². The van der Waals surface area contributed by atoms with Crippen LogP contribution in [0.15, 0.2) is 0 Å². The van der Waals surface area contributed by atoms with Gasteiger partial charge in [0.2, 0.25) is 12.2 Å². The zero-order valence-corrected chi connectivity index (χ0v) is 4.70. The number of carboxylic acid groups (broad SMARTS) is 1. The molecule has 1 rings (SSSR count). The monoisotopic (exact) mass is 126 g/mol. The first kappa shape index (κ1) is 5.74. The maximum atomic E-state index is 10.1. The molecule has 5 nitrogen and oxygen atoms in total. The normalized spacial score (nSPS) is 9.44. The van der Waals surface area contributed by atoms with Gasteiger partial charge in [-0.05, 0) is 0 Å². The summed E-state index contributed by atoms with van der Waals surface area (Å²) in [6.45, 7) is 0. The molecule has 0 saturated carbocycles. The van der Waals surface area contributed by atoms with E-state index in [9.17, 15) is 4.79 Å². The minimum absolute atomic E-state index is 0.102. The lowest BCUT2D eigenvalue weighted by Gasteiger charge is -1.87. The average Bonchev–Trinajstić information content (AvgIpc) is 2.13. The molecule has 0 spiro atoms. The predicted octanol–water partition coefficient (Wildman–Crippen LogP) is -0.687. The third kappa shape index (κ3) is 0.883. The number of nitrogens with zero attached hydrogens (tertiary/aromatic N) is 3. The van der Waals surface area contributed by atoms with Crippen LogP contribution in [0.4, 0.5) is 0 Å². The molecule has 1 aromatic heterocycles. The van der Waals surface area contributed by atoms with Gasteiger partial charge in [0, 0.05) is 7.05 Å². The van der Waals surface area contributed by atoms with Gasteiger partial charge in [0.1, 0.15) is 0 Å². The van der Waals surface area contributed by atoms with Gasteiger partial charge in [-0.25, -0.2) is 4.79 Å². The summed E-state index contributed by atoms with van der Waals surface area (Å²) < 4.78 is 1.21. The maximum absolute atomic E-state index is 10.1. The predicted molar refractivity (Wildman–Crippen MR) is 26.8 cm³/mol. The molecule has 9 heavy (non-hydrogen) atoms. The molecule has 1 radical (unpaired) electrons. The molecule has 1 N–H and O–H groups in total. The Bertz CT molecular complexity index is 229. The molecule has 1 aromatic rings. The van der Waals surface area contributed by atoms with Crippen molar-refractivity contribution in [2.45, 2.75) is 0 Å². The van der Waals surface area contributed by atoms with Crippen LogP contribution in [-0.2, 0) is 7.05 Å². The summed E-state index contributed by atoms with van der Waals surface area (Å²) in [7, 11) is 1.52. The standard InChI is InChI=1S/C4H4N3O2/c1-7-2-5-6-3(7)4(8)9/h1H3,(H,8,9). The number of hydrogen-bond acceptors (Lipinski definition) is 3. The summed E-state index contributed by atoms with van der Waals surface area (Å²) >= 11 is 0. The Kier molecular flexibility index (Phi) is 1.18. The van der Waals surface area contributed by atoms with E-state index in [0.29, 0.717) is 0 Å². The van der Waals surface area contributed by atoms with E-state index in [-0.39, 0.29) is 5.82 Å². The fourth-order valence-electron chi connectivity index (χ4n) is 0.437. The number of carbonyl (C=O) groups is 1. The number of hydrogen-bond donors (Lipinski definition) is 1.